The lowest BCUT2D eigenvalue weighted by Gasteiger charge is -2.37. The first-order valence-corrected chi connectivity index (χ1v) is 13.0. The summed E-state index contributed by atoms with van der Waals surface area (Å²) in [5.74, 6) is -2.45. The Bertz CT molecular complexity index is 1170. The van der Waals surface area contributed by atoms with Gasteiger partial charge < -0.3 is 29.9 Å². The molecule has 1 aromatic rings. The van der Waals surface area contributed by atoms with Gasteiger partial charge in [-0.15, -0.1) is 0 Å². The molecule has 4 amide bonds. The summed E-state index contributed by atoms with van der Waals surface area (Å²) < 4.78 is 40.8. The lowest BCUT2D eigenvalue weighted by Crippen LogP contribution is -2.54. The molecule has 2 unspecified atom stereocenters. The van der Waals surface area contributed by atoms with Gasteiger partial charge in [0.05, 0.1) is 24.5 Å². The van der Waals surface area contributed by atoms with Crippen LogP contribution >= 0.6 is 0 Å². The van der Waals surface area contributed by atoms with E-state index in [0.717, 1.165) is 17.0 Å². The number of benzene rings is 1. The Kier molecular flexibility index (Phi) is 10.1. The monoisotopic (exact) mass is 563 g/mol. The summed E-state index contributed by atoms with van der Waals surface area (Å²) in [5, 5.41) is 5.15. The molecule has 1 aromatic carbocycles. The molecule has 218 valence electrons. The number of amides is 4. The summed E-state index contributed by atoms with van der Waals surface area (Å²) in [6.45, 7) is 10.9. The Labute approximate surface area is 231 Å². The Morgan fingerprint density at radius 2 is 1.82 bits per heavy atom. The summed E-state index contributed by atoms with van der Waals surface area (Å²) in [6.07, 6.45) is 0.599. The van der Waals surface area contributed by atoms with E-state index >= 15 is 8.78 Å². The maximum absolute atomic E-state index is 15.1. The molecule has 3 rings (SSSR count). The number of carbonyl (C=O) groups excluding carboxylic acids is 4. The molecule has 2 saturated heterocycles. The average molecular weight is 564 g/mol. The number of piperazine rings is 1. The van der Waals surface area contributed by atoms with Gasteiger partial charge >= 0.3 is 6.09 Å². The van der Waals surface area contributed by atoms with E-state index in [1.807, 2.05) is 6.92 Å². The molecular formula is C27H35F2N5O6. The van der Waals surface area contributed by atoms with Gasteiger partial charge in [-0.25, -0.2) is 13.6 Å². The predicted octanol–water partition coefficient (Wildman–Crippen LogP) is 2.42. The molecule has 2 atom stereocenters. The van der Waals surface area contributed by atoms with Crippen LogP contribution in [0.3, 0.4) is 0 Å². The maximum atomic E-state index is 15.1. The molecule has 11 nitrogen and oxygen atoms in total. The molecule has 0 saturated carbocycles. The summed E-state index contributed by atoms with van der Waals surface area (Å²) in [5.41, 5.74) is -0.259. The highest BCUT2D eigenvalue weighted by Crippen LogP contribution is 2.31. The van der Waals surface area contributed by atoms with Gasteiger partial charge in [0.15, 0.2) is 17.4 Å². The van der Waals surface area contributed by atoms with Crippen LogP contribution in [-0.2, 0) is 23.9 Å². The lowest BCUT2D eigenvalue weighted by atomic mass is 10.1. The lowest BCUT2D eigenvalue weighted by molar-refractivity contribution is -0.136. The number of halogens is 2. The SMILES string of the molecule is C=C(CC)OC(=CC)C(=O)NC(C)C(=O)N1CCN(c2c(F)cc(N3CC(CNC(C)=O)OC3=O)cc2F)CC1. The van der Waals surface area contributed by atoms with Crippen molar-refractivity contribution >= 4 is 35.2 Å². The average Bonchev–Trinajstić information content (AvgIpc) is 3.30. The minimum Gasteiger partial charge on any atom is -0.457 e. The topological polar surface area (TPSA) is 121 Å². The number of hydrogen-bond acceptors (Lipinski definition) is 7. The Morgan fingerprint density at radius 1 is 1.20 bits per heavy atom. The van der Waals surface area contributed by atoms with Crippen LogP contribution in [0.15, 0.2) is 36.3 Å². The van der Waals surface area contributed by atoms with E-state index in [2.05, 4.69) is 17.2 Å². The second-order valence-electron chi connectivity index (χ2n) is 9.47. The highest BCUT2D eigenvalue weighted by molar-refractivity contribution is 5.95. The first-order chi connectivity index (χ1) is 18.9. The van der Waals surface area contributed by atoms with Crippen molar-refractivity contribution < 1.29 is 37.4 Å². The molecule has 2 aliphatic rings. The first-order valence-electron chi connectivity index (χ1n) is 13.0. The Balaban J connectivity index is 1.59. The number of rotatable bonds is 10. The third-order valence-corrected chi connectivity index (χ3v) is 6.53. The normalized spacial score (nSPS) is 18.2. The minimum atomic E-state index is -0.860. The van der Waals surface area contributed by atoms with Crippen LogP contribution in [0, 0.1) is 11.6 Å². The van der Waals surface area contributed by atoms with Crippen LogP contribution in [0.1, 0.15) is 34.1 Å². The van der Waals surface area contributed by atoms with Crippen molar-refractivity contribution in [3.63, 3.8) is 0 Å². The third kappa shape index (κ3) is 7.27. The largest absolute Gasteiger partial charge is 0.457 e. The van der Waals surface area contributed by atoms with E-state index in [9.17, 15) is 19.2 Å². The van der Waals surface area contributed by atoms with E-state index in [1.54, 1.807) is 13.8 Å². The van der Waals surface area contributed by atoms with E-state index < -0.39 is 35.8 Å². The Morgan fingerprint density at radius 3 is 2.38 bits per heavy atom. The van der Waals surface area contributed by atoms with Crippen molar-refractivity contribution in [2.24, 2.45) is 0 Å². The van der Waals surface area contributed by atoms with Gasteiger partial charge in [0.2, 0.25) is 11.8 Å². The van der Waals surface area contributed by atoms with Crippen molar-refractivity contribution in [1.82, 2.24) is 15.5 Å². The number of carbonyl (C=O) groups is 4. The fourth-order valence-corrected chi connectivity index (χ4v) is 4.32. The number of ether oxygens (including phenoxy) is 2. The fraction of sp³-hybridized carbons (Fsp3) is 0.481. The van der Waals surface area contributed by atoms with Crippen molar-refractivity contribution in [2.75, 3.05) is 49.1 Å². The number of allylic oxidation sites excluding steroid dienone is 2. The number of nitrogens with zero attached hydrogens (tertiary/aromatic N) is 3. The van der Waals surface area contributed by atoms with E-state index in [1.165, 1.54) is 22.8 Å². The quantitative estimate of drug-likeness (QED) is 0.331. The second kappa shape index (κ2) is 13.3. The van der Waals surface area contributed by atoms with Crippen molar-refractivity contribution in [2.45, 2.75) is 46.3 Å². The zero-order valence-corrected chi connectivity index (χ0v) is 23.1. The maximum Gasteiger partial charge on any atom is 0.414 e. The summed E-state index contributed by atoms with van der Waals surface area (Å²) in [4.78, 5) is 52.9. The van der Waals surface area contributed by atoms with Gasteiger partial charge in [0.1, 0.15) is 17.8 Å². The summed E-state index contributed by atoms with van der Waals surface area (Å²) >= 11 is 0. The molecule has 0 spiro atoms. The number of nitrogens with one attached hydrogen (secondary N) is 2. The van der Waals surface area contributed by atoms with E-state index in [4.69, 9.17) is 9.47 Å². The van der Waals surface area contributed by atoms with Crippen LogP contribution in [-0.4, -0.2) is 80.1 Å². The van der Waals surface area contributed by atoms with Gasteiger partial charge in [-0.2, -0.15) is 0 Å². The molecule has 2 N–H and O–H groups in total. The van der Waals surface area contributed by atoms with Gasteiger partial charge in [-0.05, 0) is 19.9 Å². The molecule has 2 fully saturated rings. The molecule has 2 heterocycles. The van der Waals surface area contributed by atoms with Crippen molar-refractivity contribution in [3.8, 4) is 0 Å². The van der Waals surface area contributed by atoms with Crippen LogP contribution in [0.4, 0.5) is 25.0 Å². The Hall–Kier alpha value is -4.16. The van der Waals surface area contributed by atoms with Crippen LogP contribution < -0.4 is 20.4 Å². The zero-order valence-electron chi connectivity index (χ0n) is 23.1. The minimum absolute atomic E-state index is 0.000514. The number of cyclic esters (lactones) is 1. The molecule has 0 radical (unpaired) electrons. The number of anilines is 2. The summed E-state index contributed by atoms with van der Waals surface area (Å²) in [6, 6.07) is 1.27. The molecule has 13 heteroatoms. The molecule has 40 heavy (non-hydrogen) atoms. The zero-order chi connectivity index (χ0) is 29.6. The molecule has 0 bridgehead atoms. The van der Waals surface area contributed by atoms with E-state index in [0.29, 0.717) is 12.2 Å². The predicted molar refractivity (Wildman–Crippen MR) is 143 cm³/mol. The van der Waals surface area contributed by atoms with E-state index in [-0.39, 0.29) is 68.2 Å². The molecule has 0 aromatic heterocycles. The molecular weight excluding hydrogens is 528 g/mol. The highest BCUT2D eigenvalue weighted by atomic mass is 19.1. The van der Waals surface area contributed by atoms with Gasteiger partial charge in [0, 0.05) is 51.7 Å². The fourth-order valence-electron chi connectivity index (χ4n) is 4.32. The summed E-state index contributed by atoms with van der Waals surface area (Å²) in [7, 11) is 0. The molecule has 2 aliphatic heterocycles. The highest BCUT2D eigenvalue weighted by Gasteiger charge is 2.34. The molecule has 0 aliphatic carbocycles. The first kappa shape index (κ1) is 30.4. The van der Waals surface area contributed by atoms with Gasteiger partial charge in [-0.1, -0.05) is 13.5 Å². The van der Waals surface area contributed by atoms with Crippen molar-refractivity contribution in [1.29, 1.82) is 0 Å². The van der Waals surface area contributed by atoms with Crippen LogP contribution in [0.2, 0.25) is 0 Å². The van der Waals surface area contributed by atoms with Crippen LogP contribution in [0.25, 0.3) is 0 Å². The van der Waals surface area contributed by atoms with Gasteiger partial charge in [-0.3, -0.25) is 19.3 Å². The smallest absolute Gasteiger partial charge is 0.414 e. The van der Waals surface area contributed by atoms with Crippen LogP contribution in [0.5, 0.6) is 0 Å². The second-order valence-corrected chi connectivity index (χ2v) is 9.47. The number of hydrogen-bond donors (Lipinski definition) is 2. The standard InChI is InChI=1S/C27H35F2N5O6/c1-6-16(3)39-23(7-2)25(36)31-17(4)26(37)33-10-8-32(9-11-33)24-21(28)12-19(13-22(24)29)34-15-20(40-27(34)38)14-30-18(5)35/h7,12-13,17,20H,3,6,8-11,14-15H2,1-2,4-5H3,(H,30,35)(H,31,36). The third-order valence-electron chi connectivity index (χ3n) is 6.53. The van der Waals surface area contributed by atoms with Crippen molar-refractivity contribution in [3.05, 3.63) is 47.9 Å². The van der Waals surface area contributed by atoms with Gasteiger partial charge in [0.25, 0.3) is 5.91 Å².